The summed E-state index contributed by atoms with van der Waals surface area (Å²) in [6, 6.07) is 15.1. The summed E-state index contributed by atoms with van der Waals surface area (Å²) in [5.74, 6) is -0.316. The van der Waals surface area contributed by atoms with Crippen LogP contribution in [0.2, 0.25) is 0 Å². The largest absolute Gasteiger partial charge is 0.352 e. The molecule has 132 valence electrons. The number of benzene rings is 2. The molecule has 0 aliphatic heterocycles. The van der Waals surface area contributed by atoms with Crippen LogP contribution in [0, 0.1) is 0 Å². The van der Waals surface area contributed by atoms with Gasteiger partial charge in [-0.1, -0.05) is 24.3 Å². The third-order valence-electron chi connectivity index (χ3n) is 3.68. The van der Waals surface area contributed by atoms with E-state index in [0.29, 0.717) is 18.7 Å². The lowest BCUT2D eigenvalue weighted by Crippen LogP contribution is -2.23. The Hall–Kier alpha value is -2.99. The minimum atomic E-state index is -0.201. The highest BCUT2D eigenvalue weighted by Gasteiger charge is 2.05. The first-order valence-electron chi connectivity index (χ1n) is 8.34. The average molecular weight is 365 g/mol. The van der Waals surface area contributed by atoms with E-state index < -0.39 is 0 Å². The second-order valence-electron chi connectivity index (χ2n) is 5.63. The summed E-state index contributed by atoms with van der Waals surface area (Å²) in [6.45, 7) is 2.81. The van der Waals surface area contributed by atoms with Crippen LogP contribution in [0.3, 0.4) is 0 Å². The summed E-state index contributed by atoms with van der Waals surface area (Å²) < 4.78 is 1.09. The van der Waals surface area contributed by atoms with E-state index >= 15 is 0 Å². The van der Waals surface area contributed by atoms with Crippen molar-refractivity contribution in [3.63, 3.8) is 0 Å². The second-order valence-corrected chi connectivity index (χ2v) is 6.69. The number of aromatic nitrogens is 1. The normalized spacial score (nSPS) is 11.0. The van der Waals surface area contributed by atoms with Gasteiger partial charge in [0.05, 0.1) is 10.2 Å². The molecule has 5 nitrogen and oxygen atoms in total. The number of carbonyl (C=O) groups is 2. The number of amides is 2. The number of carbonyl (C=O) groups excluding carboxylic acids is 2. The lowest BCUT2D eigenvalue weighted by molar-refractivity contribution is -0.116. The number of para-hydroxylation sites is 1. The Balaban J connectivity index is 1.58. The predicted octanol–water partition coefficient (Wildman–Crippen LogP) is 3.38. The zero-order valence-electron chi connectivity index (χ0n) is 14.4. The van der Waals surface area contributed by atoms with Gasteiger partial charge < -0.3 is 10.6 Å². The van der Waals surface area contributed by atoms with Crippen molar-refractivity contribution >= 4 is 39.4 Å². The molecule has 0 spiro atoms. The summed E-state index contributed by atoms with van der Waals surface area (Å²) in [5.41, 5.74) is 2.39. The van der Waals surface area contributed by atoms with Gasteiger partial charge in [0.15, 0.2) is 0 Å². The van der Waals surface area contributed by atoms with Gasteiger partial charge in [0, 0.05) is 24.7 Å². The van der Waals surface area contributed by atoms with Crippen LogP contribution >= 0.6 is 11.3 Å². The van der Waals surface area contributed by atoms with E-state index in [1.54, 1.807) is 29.5 Å². The first-order chi connectivity index (χ1) is 12.7. The number of thiazole rings is 1. The number of nitrogens with zero attached hydrogens (tertiary/aromatic N) is 1. The van der Waals surface area contributed by atoms with Crippen LogP contribution in [0.5, 0.6) is 0 Å². The van der Waals surface area contributed by atoms with Crippen LogP contribution in [-0.4, -0.2) is 23.3 Å². The van der Waals surface area contributed by atoms with Gasteiger partial charge in [0.2, 0.25) is 5.91 Å². The molecule has 6 heteroatoms. The first-order valence-corrected chi connectivity index (χ1v) is 9.16. The molecule has 2 aromatic carbocycles. The van der Waals surface area contributed by atoms with Gasteiger partial charge in [0.25, 0.3) is 5.91 Å². The topological polar surface area (TPSA) is 71.1 Å². The summed E-state index contributed by atoms with van der Waals surface area (Å²) in [7, 11) is 0. The van der Waals surface area contributed by atoms with Crippen LogP contribution < -0.4 is 10.6 Å². The fourth-order valence-corrected chi connectivity index (χ4v) is 3.31. The third-order valence-corrected chi connectivity index (χ3v) is 4.68. The van der Waals surface area contributed by atoms with Crippen molar-refractivity contribution in [2.45, 2.75) is 13.5 Å². The molecular weight excluding hydrogens is 346 g/mol. The Morgan fingerprint density at radius 2 is 1.96 bits per heavy atom. The van der Waals surface area contributed by atoms with Crippen molar-refractivity contribution in [2.75, 3.05) is 6.54 Å². The zero-order valence-corrected chi connectivity index (χ0v) is 15.2. The van der Waals surface area contributed by atoms with E-state index in [2.05, 4.69) is 15.6 Å². The maximum atomic E-state index is 12.0. The van der Waals surface area contributed by atoms with Gasteiger partial charge in [0.1, 0.15) is 5.01 Å². The van der Waals surface area contributed by atoms with Crippen molar-refractivity contribution in [1.29, 1.82) is 0 Å². The number of hydrogen-bond donors (Lipinski definition) is 2. The summed E-state index contributed by atoms with van der Waals surface area (Å²) in [5, 5.41) is 6.37. The van der Waals surface area contributed by atoms with Crippen molar-refractivity contribution in [1.82, 2.24) is 15.6 Å². The molecule has 0 bridgehead atoms. The molecule has 0 saturated heterocycles. The molecule has 0 saturated carbocycles. The molecule has 0 radical (unpaired) electrons. The number of fused-ring (bicyclic) bond motifs is 1. The molecule has 0 fully saturated rings. The standard InChI is InChI=1S/C20H19N3O2S/c1-2-21-20(25)15-7-5-6-14(12-15)13-22-18(24)10-11-19-23-16-8-3-4-9-17(16)26-19/h3-12H,2,13H2,1H3,(H,21,25)(H,22,24). The number of hydrogen-bond acceptors (Lipinski definition) is 4. The maximum absolute atomic E-state index is 12.0. The molecule has 1 heterocycles. The van der Waals surface area contributed by atoms with Gasteiger partial charge in [-0.05, 0) is 42.8 Å². The molecule has 26 heavy (non-hydrogen) atoms. The van der Waals surface area contributed by atoms with Gasteiger partial charge >= 0.3 is 0 Å². The molecule has 3 aromatic rings. The Morgan fingerprint density at radius 3 is 2.77 bits per heavy atom. The molecule has 3 rings (SSSR count). The van der Waals surface area contributed by atoms with Crippen LogP contribution in [0.25, 0.3) is 16.3 Å². The first kappa shape index (κ1) is 17.8. The SMILES string of the molecule is CCNC(=O)c1cccc(CNC(=O)C=Cc2nc3ccccc3s2)c1. The van der Waals surface area contributed by atoms with Gasteiger partial charge in [-0.25, -0.2) is 4.98 Å². The smallest absolute Gasteiger partial charge is 0.251 e. The minimum absolute atomic E-state index is 0.114. The predicted molar refractivity (Wildman–Crippen MR) is 105 cm³/mol. The Morgan fingerprint density at radius 1 is 1.12 bits per heavy atom. The minimum Gasteiger partial charge on any atom is -0.352 e. The second kappa shape index (κ2) is 8.40. The maximum Gasteiger partial charge on any atom is 0.251 e. The van der Waals surface area contributed by atoms with Crippen LogP contribution in [-0.2, 0) is 11.3 Å². The molecule has 0 aliphatic rings. The Kier molecular flexibility index (Phi) is 5.76. The highest BCUT2D eigenvalue weighted by molar-refractivity contribution is 7.19. The summed E-state index contributed by atoms with van der Waals surface area (Å²) in [4.78, 5) is 28.3. The summed E-state index contributed by atoms with van der Waals surface area (Å²) in [6.07, 6.45) is 3.19. The monoisotopic (exact) mass is 365 g/mol. The van der Waals surface area contributed by atoms with E-state index in [1.807, 2.05) is 43.3 Å². The molecule has 0 unspecified atom stereocenters. The summed E-state index contributed by atoms with van der Waals surface area (Å²) >= 11 is 1.54. The van der Waals surface area contributed by atoms with Crippen molar-refractivity contribution in [2.24, 2.45) is 0 Å². The molecule has 0 atom stereocenters. The zero-order chi connectivity index (χ0) is 18.4. The van der Waals surface area contributed by atoms with E-state index in [0.717, 1.165) is 20.8 Å². The fourth-order valence-electron chi connectivity index (χ4n) is 2.44. The van der Waals surface area contributed by atoms with E-state index in [-0.39, 0.29) is 11.8 Å². The highest BCUT2D eigenvalue weighted by Crippen LogP contribution is 2.22. The molecule has 2 N–H and O–H groups in total. The molecule has 2 amide bonds. The lowest BCUT2D eigenvalue weighted by atomic mass is 10.1. The van der Waals surface area contributed by atoms with Gasteiger partial charge in [-0.2, -0.15) is 0 Å². The fraction of sp³-hybridized carbons (Fsp3) is 0.150. The van der Waals surface area contributed by atoms with Crippen molar-refractivity contribution < 1.29 is 9.59 Å². The highest BCUT2D eigenvalue weighted by atomic mass is 32.1. The number of rotatable bonds is 6. The van der Waals surface area contributed by atoms with Crippen LogP contribution in [0.4, 0.5) is 0 Å². The Labute approximate surface area is 155 Å². The average Bonchev–Trinajstić information content (AvgIpc) is 3.08. The molecule has 1 aromatic heterocycles. The van der Waals surface area contributed by atoms with E-state index in [4.69, 9.17) is 0 Å². The van der Waals surface area contributed by atoms with Crippen LogP contribution in [0.15, 0.2) is 54.6 Å². The Bertz CT molecular complexity index is 929. The molecular formula is C20H19N3O2S. The third kappa shape index (κ3) is 4.55. The van der Waals surface area contributed by atoms with Gasteiger partial charge in [-0.3, -0.25) is 9.59 Å². The van der Waals surface area contributed by atoms with E-state index in [9.17, 15) is 9.59 Å². The molecule has 0 aliphatic carbocycles. The number of nitrogens with one attached hydrogen (secondary N) is 2. The van der Waals surface area contributed by atoms with Gasteiger partial charge in [-0.15, -0.1) is 11.3 Å². The quantitative estimate of drug-likeness (QED) is 0.658. The van der Waals surface area contributed by atoms with E-state index in [1.165, 1.54) is 6.08 Å². The van der Waals surface area contributed by atoms with Crippen LogP contribution in [0.1, 0.15) is 27.9 Å². The lowest BCUT2D eigenvalue weighted by Gasteiger charge is -2.06. The van der Waals surface area contributed by atoms with Crippen molar-refractivity contribution in [3.05, 3.63) is 70.7 Å². The van der Waals surface area contributed by atoms with Crippen molar-refractivity contribution in [3.8, 4) is 0 Å².